The van der Waals surface area contributed by atoms with E-state index in [1.807, 2.05) is 0 Å². The molecule has 1 N–H and O–H groups in total. The smallest absolute Gasteiger partial charge is 0.341 e. The summed E-state index contributed by atoms with van der Waals surface area (Å²) in [5.74, 6) is -0.827. The Morgan fingerprint density at radius 2 is 2.20 bits per heavy atom. The number of nitrogens with zero attached hydrogens (tertiary/aromatic N) is 3. The normalized spacial score (nSPS) is 10.6. The number of carboxylic acid groups (broad SMARTS) is 1. The Hall–Kier alpha value is -2.37. The maximum Gasteiger partial charge on any atom is 0.341 e. The second-order valence-electron chi connectivity index (χ2n) is 4.70. The van der Waals surface area contributed by atoms with E-state index < -0.39 is 5.97 Å². The fourth-order valence-corrected chi connectivity index (χ4v) is 2.32. The first-order valence-electron chi connectivity index (χ1n) is 6.12. The van der Waals surface area contributed by atoms with Gasteiger partial charge in [0.2, 0.25) is 0 Å². The molecule has 0 saturated heterocycles. The molecule has 0 saturated carbocycles. The van der Waals surface area contributed by atoms with Crippen LogP contribution in [0.5, 0.6) is 0 Å². The Kier molecular flexibility index (Phi) is 3.74. The number of anilines is 1. The van der Waals surface area contributed by atoms with Gasteiger partial charge >= 0.3 is 5.97 Å². The van der Waals surface area contributed by atoms with E-state index in [2.05, 4.69) is 5.10 Å². The molecule has 1 aromatic heterocycles. The minimum atomic E-state index is -1.02. The molecule has 0 unspecified atom stereocenters. The van der Waals surface area contributed by atoms with Crippen LogP contribution in [0.1, 0.15) is 21.6 Å². The fourth-order valence-electron chi connectivity index (χ4n) is 2.32. The van der Waals surface area contributed by atoms with Crippen molar-refractivity contribution in [1.82, 2.24) is 9.78 Å². The maximum atomic E-state index is 13.2. The Morgan fingerprint density at radius 3 is 2.80 bits per heavy atom. The van der Waals surface area contributed by atoms with Crippen LogP contribution in [0.15, 0.2) is 24.3 Å². The first kappa shape index (κ1) is 14.0. The maximum absolute atomic E-state index is 13.2. The van der Waals surface area contributed by atoms with Gasteiger partial charge in [0.15, 0.2) is 0 Å². The van der Waals surface area contributed by atoms with Gasteiger partial charge in [-0.2, -0.15) is 5.10 Å². The van der Waals surface area contributed by atoms with Crippen LogP contribution in [0.2, 0.25) is 0 Å². The van der Waals surface area contributed by atoms with Crippen molar-refractivity contribution >= 4 is 11.8 Å². The predicted octanol–water partition coefficient (Wildman–Crippen LogP) is 2.20. The number of hydrogen-bond donors (Lipinski definition) is 1. The highest BCUT2D eigenvalue weighted by atomic mass is 19.1. The number of halogens is 1. The van der Waals surface area contributed by atoms with Crippen molar-refractivity contribution in [3.05, 3.63) is 46.9 Å². The molecule has 0 spiro atoms. The quantitative estimate of drug-likeness (QED) is 0.930. The van der Waals surface area contributed by atoms with Crippen molar-refractivity contribution in [3.63, 3.8) is 0 Å². The van der Waals surface area contributed by atoms with Crippen molar-refractivity contribution in [3.8, 4) is 0 Å². The Labute approximate surface area is 116 Å². The monoisotopic (exact) mass is 277 g/mol. The number of aromatic nitrogens is 2. The molecular formula is C14H16FN3O2. The summed E-state index contributed by atoms with van der Waals surface area (Å²) in [4.78, 5) is 13.1. The standard InChI is InChI=1S/C14H16FN3O2/c1-9-12(14(19)20)13(18(3)16-9)17(2)8-10-5-4-6-11(15)7-10/h4-7H,8H2,1-3H3,(H,19,20). The Balaban J connectivity index is 2.34. The average Bonchev–Trinajstić information content (AvgIpc) is 2.64. The highest BCUT2D eigenvalue weighted by Gasteiger charge is 2.22. The third-order valence-electron chi connectivity index (χ3n) is 3.08. The molecule has 0 amide bonds. The van der Waals surface area contributed by atoms with Gasteiger partial charge in [0.25, 0.3) is 0 Å². The first-order valence-corrected chi connectivity index (χ1v) is 6.12. The predicted molar refractivity (Wildman–Crippen MR) is 73.4 cm³/mol. The molecule has 0 fully saturated rings. The van der Waals surface area contributed by atoms with Crippen LogP contribution >= 0.6 is 0 Å². The summed E-state index contributed by atoms with van der Waals surface area (Å²) < 4.78 is 14.7. The molecule has 2 rings (SSSR count). The van der Waals surface area contributed by atoms with Crippen LogP contribution in [0.25, 0.3) is 0 Å². The van der Waals surface area contributed by atoms with Crippen LogP contribution in [0.4, 0.5) is 10.2 Å². The second kappa shape index (κ2) is 5.32. The third kappa shape index (κ3) is 2.64. The van der Waals surface area contributed by atoms with E-state index in [9.17, 15) is 14.3 Å². The number of aryl methyl sites for hydroxylation is 2. The van der Waals surface area contributed by atoms with E-state index in [0.29, 0.717) is 18.1 Å². The zero-order chi connectivity index (χ0) is 14.9. The minimum absolute atomic E-state index is 0.173. The van der Waals surface area contributed by atoms with E-state index in [1.165, 1.54) is 16.8 Å². The summed E-state index contributed by atoms with van der Waals surface area (Å²) in [6.45, 7) is 2.06. The van der Waals surface area contributed by atoms with Gasteiger partial charge in [-0.15, -0.1) is 0 Å². The van der Waals surface area contributed by atoms with E-state index in [-0.39, 0.29) is 11.4 Å². The van der Waals surface area contributed by atoms with Crippen molar-refractivity contribution in [2.24, 2.45) is 7.05 Å². The molecule has 0 aliphatic heterocycles. The van der Waals surface area contributed by atoms with Crippen molar-refractivity contribution in [2.75, 3.05) is 11.9 Å². The van der Waals surface area contributed by atoms with Gasteiger partial charge in [-0.25, -0.2) is 9.18 Å². The van der Waals surface area contributed by atoms with Gasteiger partial charge < -0.3 is 10.0 Å². The zero-order valence-electron chi connectivity index (χ0n) is 11.6. The lowest BCUT2D eigenvalue weighted by molar-refractivity contribution is 0.0696. The third-order valence-corrected chi connectivity index (χ3v) is 3.08. The molecule has 0 aliphatic rings. The lowest BCUT2D eigenvalue weighted by atomic mass is 10.2. The molecule has 0 radical (unpaired) electrons. The van der Waals surface area contributed by atoms with Crippen molar-refractivity contribution in [1.29, 1.82) is 0 Å². The average molecular weight is 277 g/mol. The van der Waals surface area contributed by atoms with Gasteiger partial charge in [0.05, 0.1) is 5.69 Å². The van der Waals surface area contributed by atoms with Crippen molar-refractivity contribution < 1.29 is 14.3 Å². The van der Waals surface area contributed by atoms with Gasteiger partial charge in [0.1, 0.15) is 17.2 Å². The van der Waals surface area contributed by atoms with Gasteiger partial charge in [-0.1, -0.05) is 12.1 Å². The number of hydrogen-bond acceptors (Lipinski definition) is 3. The zero-order valence-corrected chi connectivity index (χ0v) is 11.6. The van der Waals surface area contributed by atoms with Crippen LogP contribution in [-0.4, -0.2) is 27.9 Å². The van der Waals surface area contributed by atoms with Crippen molar-refractivity contribution in [2.45, 2.75) is 13.5 Å². The molecule has 106 valence electrons. The largest absolute Gasteiger partial charge is 0.477 e. The Morgan fingerprint density at radius 1 is 1.50 bits per heavy atom. The lowest BCUT2D eigenvalue weighted by Crippen LogP contribution is -2.21. The van der Waals surface area contributed by atoms with Gasteiger partial charge in [-0.05, 0) is 24.6 Å². The topological polar surface area (TPSA) is 58.4 Å². The van der Waals surface area contributed by atoms with Crippen LogP contribution < -0.4 is 4.90 Å². The van der Waals surface area contributed by atoms with Crippen LogP contribution in [0, 0.1) is 12.7 Å². The summed E-state index contributed by atoms with van der Waals surface area (Å²) in [6.07, 6.45) is 0. The van der Waals surface area contributed by atoms with Gasteiger partial charge in [0, 0.05) is 20.6 Å². The van der Waals surface area contributed by atoms with Gasteiger partial charge in [-0.3, -0.25) is 4.68 Å². The number of carboxylic acids is 1. The molecule has 0 bridgehead atoms. The SMILES string of the molecule is Cc1nn(C)c(N(C)Cc2cccc(F)c2)c1C(=O)O. The molecular weight excluding hydrogens is 261 g/mol. The summed E-state index contributed by atoms with van der Waals surface area (Å²) in [7, 11) is 3.45. The summed E-state index contributed by atoms with van der Waals surface area (Å²) in [5.41, 5.74) is 1.40. The van der Waals surface area contributed by atoms with E-state index in [0.717, 1.165) is 5.56 Å². The fraction of sp³-hybridized carbons (Fsp3) is 0.286. The number of benzene rings is 1. The summed E-state index contributed by atoms with van der Waals surface area (Å²) >= 11 is 0. The lowest BCUT2D eigenvalue weighted by Gasteiger charge is -2.20. The molecule has 2 aromatic rings. The molecule has 20 heavy (non-hydrogen) atoms. The number of carbonyl (C=O) groups is 1. The highest BCUT2D eigenvalue weighted by Crippen LogP contribution is 2.23. The Bertz CT molecular complexity index is 652. The molecule has 0 atom stereocenters. The molecule has 1 aromatic carbocycles. The first-order chi connectivity index (χ1) is 9.40. The second-order valence-corrected chi connectivity index (χ2v) is 4.70. The van der Waals surface area contributed by atoms with E-state index in [4.69, 9.17) is 0 Å². The summed E-state index contributed by atoms with van der Waals surface area (Å²) in [6, 6.07) is 6.23. The highest BCUT2D eigenvalue weighted by molar-refractivity contribution is 5.94. The molecule has 0 aliphatic carbocycles. The summed E-state index contributed by atoms with van der Waals surface area (Å²) in [5, 5.41) is 13.4. The van der Waals surface area contributed by atoms with E-state index >= 15 is 0 Å². The molecule has 1 heterocycles. The molecule has 5 nitrogen and oxygen atoms in total. The van der Waals surface area contributed by atoms with Crippen LogP contribution in [0.3, 0.4) is 0 Å². The number of rotatable bonds is 4. The van der Waals surface area contributed by atoms with Crippen LogP contribution in [-0.2, 0) is 13.6 Å². The molecule has 6 heteroatoms. The minimum Gasteiger partial charge on any atom is -0.477 e. The van der Waals surface area contributed by atoms with E-state index in [1.54, 1.807) is 38.1 Å². The number of aromatic carboxylic acids is 1.